The Morgan fingerprint density at radius 3 is 1.43 bits per heavy atom. The summed E-state index contributed by atoms with van der Waals surface area (Å²) in [5, 5.41) is 35.0. The molecule has 0 aromatic heterocycles. The van der Waals surface area contributed by atoms with Crippen molar-refractivity contribution in [1.82, 2.24) is 4.90 Å². The van der Waals surface area contributed by atoms with Crippen LogP contribution in [0.5, 0.6) is 0 Å². The lowest BCUT2D eigenvalue weighted by atomic mass is 10.2. The second-order valence-corrected chi connectivity index (χ2v) is 2.96. The standard InChI is InChI=1S/C7H13NO6/c1-3(2)8(4(9)6(11)12)5(10)7(13)14/h3-5,9-10H,1-2H3,(H,11,12)(H,13,14). The van der Waals surface area contributed by atoms with Crippen molar-refractivity contribution in [2.24, 2.45) is 0 Å². The minimum absolute atomic E-state index is 0.560. The number of carboxylic acids is 2. The average molecular weight is 207 g/mol. The number of carbonyl (C=O) groups is 2. The fourth-order valence-corrected chi connectivity index (χ4v) is 0.954. The minimum Gasteiger partial charge on any atom is -0.478 e. The topological polar surface area (TPSA) is 118 Å². The van der Waals surface area contributed by atoms with Crippen molar-refractivity contribution in [2.45, 2.75) is 32.3 Å². The van der Waals surface area contributed by atoms with Gasteiger partial charge in [-0.2, -0.15) is 0 Å². The first-order valence-electron chi connectivity index (χ1n) is 3.88. The highest BCUT2D eigenvalue weighted by Gasteiger charge is 2.34. The fourth-order valence-electron chi connectivity index (χ4n) is 0.954. The number of nitrogens with zero attached hydrogens (tertiary/aromatic N) is 1. The summed E-state index contributed by atoms with van der Waals surface area (Å²) in [6, 6.07) is -0.618. The molecule has 0 bridgehead atoms. The first-order valence-corrected chi connectivity index (χ1v) is 3.88. The van der Waals surface area contributed by atoms with Gasteiger partial charge in [-0.15, -0.1) is 0 Å². The van der Waals surface area contributed by atoms with Gasteiger partial charge in [0.15, 0.2) is 0 Å². The van der Waals surface area contributed by atoms with Gasteiger partial charge < -0.3 is 20.4 Å². The average Bonchev–Trinajstić information content (AvgIpc) is 2.03. The quantitative estimate of drug-likeness (QED) is 0.405. The molecule has 0 saturated carbocycles. The fraction of sp³-hybridized carbons (Fsp3) is 0.714. The lowest BCUT2D eigenvalue weighted by molar-refractivity contribution is -0.186. The van der Waals surface area contributed by atoms with Crippen LogP contribution in [-0.4, -0.2) is 55.8 Å². The molecule has 0 aromatic rings. The largest absolute Gasteiger partial charge is 0.478 e. The van der Waals surface area contributed by atoms with Gasteiger partial charge >= 0.3 is 11.9 Å². The molecule has 0 saturated heterocycles. The van der Waals surface area contributed by atoms with E-state index in [0.717, 1.165) is 0 Å². The number of aliphatic hydroxyl groups excluding tert-OH is 2. The minimum atomic E-state index is -2.04. The van der Waals surface area contributed by atoms with Gasteiger partial charge in [-0.3, -0.25) is 0 Å². The summed E-state index contributed by atoms with van der Waals surface area (Å²) < 4.78 is 0. The molecule has 0 fully saturated rings. The molecular formula is C7H13NO6. The van der Waals surface area contributed by atoms with Gasteiger partial charge in [-0.25, -0.2) is 14.5 Å². The molecule has 14 heavy (non-hydrogen) atoms. The molecule has 2 unspecified atom stereocenters. The van der Waals surface area contributed by atoms with Crippen LogP contribution >= 0.6 is 0 Å². The van der Waals surface area contributed by atoms with Crippen LogP contribution in [0.2, 0.25) is 0 Å². The highest BCUT2D eigenvalue weighted by molar-refractivity contribution is 5.75. The number of carboxylic acid groups (broad SMARTS) is 2. The highest BCUT2D eigenvalue weighted by atomic mass is 16.4. The smallest absolute Gasteiger partial charge is 0.348 e. The summed E-state index contributed by atoms with van der Waals surface area (Å²) in [5.74, 6) is -3.22. The van der Waals surface area contributed by atoms with Gasteiger partial charge in [0.25, 0.3) is 0 Å². The molecule has 4 N–H and O–H groups in total. The molecule has 0 aliphatic heterocycles. The van der Waals surface area contributed by atoms with Crippen LogP contribution in [0.15, 0.2) is 0 Å². The molecule has 82 valence electrons. The van der Waals surface area contributed by atoms with E-state index < -0.39 is 30.4 Å². The normalized spacial score (nSPS) is 15.6. The summed E-state index contributed by atoms with van der Waals surface area (Å²) in [7, 11) is 0. The molecule has 0 spiro atoms. The Balaban J connectivity index is 4.76. The van der Waals surface area contributed by atoms with Crippen molar-refractivity contribution < 1.29 is 30.0 Å². The lowest BCUT2D eigenvalue weighted by Crippen LogP contribution is -2.53. The molecular weight excluding hydrogens is 194 g/mol. The molecule has 0 amide bonds. The van der Waals surface area contributed by atoms with Gasteiger partial charge in [0.05, 0.1) is 0 Å². The van der Waals surface area contributed by atoms with Gasteiger partial charge in [0.2, 0.25) is 12.5 Å². The Hall–Kier alpha value is -1.18. The van der Waals surface area contributed by atoms with Crippen LogP contribution in [-0.2, 0) is 9.59 Å². The summed E-state index contributed by atoms with van der Waals surface area (Å²) in [5.41, 5.74) is 0. The van der Waals surface area contributed by atoms with E-state index in [1.807, 2.05) is 0 Å². The van der Waals surface area contributed by atoms with Crippen molar-refractivity contribution in [2.75, 3.05) is 0 Å². The van der Waals surface area contributed by atoms with E-state index >= 15 is 0 Å². The molecule has 7 heteroatoms. The maximum Gasteiger partial charge on any atom is 0.348 e. The SMILES string of the molecule is CC(C)N(C(O)C(=O)O)C(O)C(=O)O. The number of hydrogen-bond donors (Lipinski definition) is 4. The third-order valence-electron chi connectivity index (χ3n) is 1.60. The van der Waals surface area contributed by atoms with E-state index in [2.05, 4.69) is 0 Å². The second-order valence-electron chi connectivity index (χ2n) is 2.96. The zero-order valence-corrected chi connectivity index (χ0v) is 7.78. The van der Waals surface area contributed by atoms with Crippen LogP contribution in [0.25, 0.3) is 0 Å². The van der Waals surface area contributed by atoms with E-state index in [0.29, 0.717) is 4.90 Å². The van der Waals surface area contributed by atoms with Crippen LogP contribution in [0.1, 0.15) is 13.8 Å². The summed E-state index contributed by atoms with van der Waals surface area (Å²) in [4.78, 5) is 21.3. The molecule has 0 aliphatic rings. The van der Waals surface area contributed by atoms with E-state index in [1.54, 1.807) is 0 Å². The Kier molecular flexibility index (Phi) is 4.48. The number of hydrogen-bond acceptors (Lipinski definition) is 5. The van der Waals surface area contributed by atoms with Crippen molar-refractivity contribution in [3.05, 3.63) is 0 Å². The predicted molar refractivity (Wildman–Crippen MR) is 44.3 cm³/mol. The van der Waals surface area contributed by atoms with E-state index in [9.17, 15) is 9.59 Å². The maximum absolute atomic E-state index is 10.4. The summed E-state index contributed by atoms with van der Waals surface area (Å²) in [6.45, 7) is 2.91. The molecule has 0 rings (SSSR count). The van der Waals surface area contributed by atoms with E-state index in [4.69, 9.17) is 20.4 Å². The van der Waals surface area contributed by atoms with Crippen LogP contribution in [0, 0.1) is 0 Å². The van der Waals surface area contributed by atoms with Crippen molar-refractivity contribution >= 4 is 11.9 Å². The Bertz CT molecular complexity index is 208. The molecule has 0 radical (unpaired) electrons. The highest BCUT2D eigenvalue weighted by Crippen LogP contribution is 2.08. The first-order chi connectivity index (χ1) is 6.29. The molecule has 7 nitrogen and oxygen atoms in total. The summed E-state index contributed by atoms with van der Waals surface area (Å²) >= 11 is 0. The van der Waals surface area contributed by atoms with E-state index in [1.165, 1.54) is 13.8 Å². The molecule has 0 aliphatic carbocycles. The van der Waals surface area contributed by atoms with Gasteiger partial charge in [-0.05, 0) is 13.8 Å². The number of aliphatic hydroxyl groups is 2. The van der Waals surface area contributed by atoms with Gasteiger partial charge in [-0.1, -0.05) is 0 Å². The zero-order valence-electron chi connectivity index (χ0n) is 7.78. The van der Waals surface area contributed by atoms with Crippen molar-refractivity contribution in [3.8, 4) is 0 Å². The number of rotatable bonds is 5. The molecule has 0 aromatic carbocycles. The van der Waals surface area contributed by atoms with E-state index in [-0.39, 0.29) is 0 Å². The first kappa shape index (κ1) is 12.8. The van der Waals surface area contributed by atoms with Gasteiger partial charge in [0, 0.05) is 6.04 Å². The van der Waals surface area contributed by atoms with Crippen LogP contribution in [0.3, 0.4) is 0 Å². The molecule has 0 heterocycles. The third-order valence-corrected chi connectivity index (χ3v) is 1.60. The lowest BCUT2D eigenvalue weighted by Gasteiger charge is -2.30. The van der Waals surface area contributed by atoms with Gasteiger partial charge in [0.1, 0.15) is 0 Å². The van der Waals surface area contributed by atoms with Crippen molar-refractivity contribution in [1.29, 1.82) is 0 Å². The number of aliphatic carboxylic acids is 2. The predicted octanol–water partition coefficient (Wildman–Crippen LogP) is -1.50. The maximum atomic E-state index is 10.4. The second kappa shape index (κ2) is 4.89. The summed E-state index contributed by atoms with van der Waals surface area (Å²) in [6.07, 6.45) is -4.08. The van der Waals surface area contributed by atoms with Crippen LogP contribution in [0.4, 0.5) is 0 Å². The van der Waals surface area contributed by atoms with Crippen molar-refractivity contribution in [3.63, 3.8) is 0 Å². The Labute approximate surface area is 80.2 Å². The van der Waals surface area contributed by atoms with Crippen LogP contribution < -0.4 is 0 Å². The molecule has 2 atom stereocenters. The Morgan fingerprint density at radius 1 is 1.00 bits per heavy atom. The Morgan fingerprint density at radius 2 is 1.29 bits per heavy atom. The third kappa shape index (κ3) is 2.95. The zero-order chi connectivity index (χ0) is 11.5. The monoisotopic (exact) mass is 207 g/mol.